The van der Waals surface area contributed by atoms with Crippen LogP contribution in [0.25, 0.3) is 16.3 Å². The Bertz CT molecular complexity index is 1060. The summed E-state index contributed by atoms with van der Waals surface area (Å²) in [5, 5.41) is 1.30. The average Bonchev–Trinajstić information content (AvgIpc) is 3.14. The topological polar surface area (TPSA) is 54.9 Å². The Labute approximate surface area is 185 Å². The monoisotopic (exact) mass is 445 g/mol. The van der Waals surface area contributed by atoms with Gasteiger partial charge in [0, 0.05) is 24.2 Å². The lowest BCUT2D eigenvalue weighted by Gasteiger charge is -2.20. The summed E-state index contributed by atoms with van der Waals surface area (Å²) in [5.74, 6) is 1.11. The van der Waals surface area contributed by atoms with Gasteiger partial charge in [-0.2, -0.15) is 0 Å². The number of aromatic nitrogens is 1. The predicted molar refractivity (Wildman–Crippen MR) is 124 cm³/mol. The second-order valence-corrected chi connectivity index (χ2v) is 8.29. The summed E-state index contributed by atoms with van der Waals surface area (Å²) >= 11 is 7.55. The number of likely N-dealkylation sites (N-methyl/N-ethyl adjacent to an activating group) is 1. The lowest BCUT2D eigenvalue weighted by atomic mass is 10.2. The highest BCUT2D eigenvalue weighted by molar-refractivity contribution is 7.22. The van der Waals surface area contributed by atoms with Gasteiger partial charge in [0.25, 0.3) is 5.91 Å². The van der Waals surface area contributed by atoms with Crippen LogP contribution in [-0.4, -0.2) is 57.2 Å². The molecular weight excluding hydrogens is 422 g/mol. The standard InChI is InChI=1S/C22H24ClN3O3S/c1-25(2)11-12-26(22-24-17-8-7-16(23)14-20(17)30-22)21(27)10-6-15-5-9-18(28-3)19(13-15)29-4/h5-10,13-14H,11-12H2,1-4H3. The molecule has 0 fully saturated rings. The molecule has 30 heavy (non-hydrogen) atoms. The van der Waals surface area contributed by atoms with Gasteiger partial charge in [-0.1, -0.05) is 29.0 Å². The number of benzene rings is 2. The van der Waals surface area contributed by atoms with E-state index in [9.17, 15) is 4.79 Å². The number of hydrogen-bond acceptors (Lipinski definition) is 6. The quantitative estimate of drug-likeness (QED) is 0.475. The molecule has 2 aromatic carbocycles. The molecule has 1 heterocycles. The highest BCUT2D eigenvalue weighted by Crippen LogP contribution is 2.31. The summed E-state index contributed by atoms with van der Waals surface area (Å²) in [7, 11) is 7.12. The Hall–Kier alpha value is -2.61. The minimum atomic E-state index is -0.142. The first-order valence-corrected chi connectivity index (χ1v) is 10.5. The highest BCUT2D eigenvalue weighted by Gasteiger charge is 2.18. The highest BCUT2D eigenvalue weighted by atomic mass is 35.5. The van der Waals surface area contributed by atoms with E-state index in [1.165, 1.54) is 11.3 Å². The van der Waals surface area contributed by atoms with Gasteiger partial charge in [0.05, 0.1) is 24.4 Å². The Morgan fingerprint density at radius 1 is 1.10 bits per heavy atom. The van der Waals surface area contributed by atoms with Gasteiger partial charge in [-0.05, 0) is 56.1 Å². The van der Waals surface area contributed by atoms with Crippen LogP contribution in [0.2, 0.25) is 5.02 Å². The van der Waals surface area contributed by atoms with Gasteiger partial charge in [-0.15, -0.1) is 0 Å². The molecular formula is C22H24ClN3O3S. The molecule has 0 radical (unpaired) electrons. The maximum absolute atomic E-state index is 13.1. The molecule has 0 saturated heterocycles. The summed E-state index contributed by atoms with van der Waals surface area (Å²) in [6.07, 6.45) is 3.31. The molecule has 0 unspecified atom stereocenters. The lowest BCUT2D eigenvalue weighted by molar-refractivity contribution is -0.114. The van der Waals surface area contributed by atoms with Gasteiger partial charge < -0.3 is 14.4 Å². The van der Waals surface area contributed by atoms with E-state index in [1.807, 2.05) is 49.3 Å². The molecule has 0 bridgehead atoms. The normalized spacial score (nSPS) is 11.4. The minimum Gasteiger partial charge on any atom is -0.493 e. The first-order chi connectivity index (χ1) is 14.4. The fourth-order valence-corrected chi connectivity index (χ4v) is 4.09. The van der Waals surface area contributed by atoms with Crippen molar-refractivity contribution in [2.75, 3.05) is 46.3 Å². The van der Waals surface area contributed by atoms with Crippen LogP contribution < -0.4 is 14.4 Å². The van der Waals surface area contributed by atoms with Crippen molar-refractivity contribution < 1.29 is 14.3 Å². The molecule has 1 aromatic heterocycles. The maximum atomic E-state index is 13.1. The SMILES string of the molecule is COc1ccc(C=CC(=O)N(CCN(C)C)c2nc3ccc(Cl)cc3s2)cc1OC. The molecule has 0 saturated carbocycles. The summed E-state index contributed by atoms with van der Waals surface area (Å²) in [4.78, 5) is 21.4. The molecule has 0 aliphatic rings. The molecule has 1 amide bonds. The molecule has 8 heteroatoms. The fraction of sp³-hybridized carbons (Fsp3) is 0.273. The summed E-state index contributed by atoms with van der Waals surface area (Å²) < 4.78 is 11.5. The van der Waals surface area contributed by atoms with E-state index in [0.29, 0.717) is 34.7 Å². The van der Waals surface area contributed by atoms with Crippen LogP contribution in [0.1, 0.15) is 5.56 Å². The van der Waals surface area contributed by atoms with Crippen LogP contribution in [0.15, 0.2) is 42.5 Å². The zero-order valence-corrected chi connectivity index (χ0v) is 19.0. The second kappa shape index (κ2) is 9.93. The van der Waals surface area contributed by atoms with E-state index in [1.54, 1.807) is 37.3 Å². The number of fused-ring (bicyclic) bond motifs is 1. The van der Waals surface area contributed by atoms with Crippen molar-refractivity contribution in [2.45, 2.75) is 0 Å². The minimum absolute atomic E-state index is 0.142. The number of hydrogen-bond donors (Lipinski definition) is 0. The molecule has 0 spiro atoms. The van der Waals surface area contributed by atoms with Gasteiger partial charge >= 0.3 is 0 Å². The van der Waals surface area contributed by atoms with Crippen molar-refractivity contribution in [2.24, 2.45) is 0 Å². The van der Waals surface area contributed by atoms with E-state index in [4.69, 9.17) is 21.1 Å². The van der Waals surface area contributed by atoms with Gasteiger partial charge in [-0.3, -0.25) is 9.69 Å². The molecule has 0 atom stereocenters. The molecule has 158 valence electrons. The average molecular weight is 446 g/mol. The third-order valence-corrected chi connectivity index (χ3v) is 5.71. The van der Waals surface area contributed by atoms with E-state index >= 15 is 0 Å². The Morgan fingerprint density at radius 2 is 1.87 bits per heavy atom. The number of carbonyl (C=O) groups is 1. The summed E-state index contributed by atoms with van der Waals surface area (Å²) in [5.41, 5.74) is 1.66. The van der Waals surface area contributed by atoms with Crippen molar-refractivity contribution in [3.05, 3.63) is 53.1 Å². The Balaban J connectivity index is 1.87. The molecule has 0 aliphatic carbocycles. The zero-order chi connectivity index (χ0) is 21.7. The third-order valence-electron chi connectivity index (χ3n) is 4.43. The number of ether oxygens (including phenoxy) is 2. The van der Waals surface area contributed by atoms with Gasteiger partial charge in [-0.25, -0.2) is 4.98 Å². The first-order valence-electron chi connectivity index (χ1n) is 9.33. The first kappa shape index (κ1) is 22.1. The number of carbonyl (C=O) groups excluding carboxylic acids is 1. The van der Waals surface area contributed by atoms with Gasteiger partial charge in [0.15, 0.2) is 16.6 Å². The van der Waals surface area contributed by atoms with E-state index in [0.717, 1.165) is 15.8 Å². The van der Waals surface area contributed by atoms with Crippen molar-refractivity contribution in [1.29, 1.82) is 0 Å². The van der Waals surface area contributed by atoms with Gasteiger partial charge in [0.1, 0.15) is 0 Å². The van der Waals surface area contributed by atoms with Crippen molar-refractivity contribution >= 4 is 50.3 Å². The van der Waals surface area contributed by atoms with Crippen LogP contribution in [0, 0.1) is 0 Å². The summed E-state index contributed by atoms with van der Waals surface area (Å²) in [6.45, 7) is 1.24. The van der Waals surface area contributed by atoms with Crippen LogP contribution in [0.5, 0.6) is 11.5 Å². The largest absolute Gasteiger partial charge is 0.493 e. The van der Waals surface area contributed by atoms with E-state index < -0.39 is 0 Å². The lowest BCUT2D eigenvalue weighted by Crippen LogP contribution is -2.35. The van der Waals surface area contributed by atoms with Crippen LogP contribution in [0.4, 0.5) is 5.13 Å². The number of nitrogens with zero attached hydrogens (tertiary/aromatic N) is 3. The molecule has 3 aromatic rings. The number of thiazole rings is 1. The van der Waals surface area contributed by atoms with Crippen molar-refractivity contribution in [1.82, 2.24) is 9.88 Å². The van der Waals surface area contributed by atoms with E-state index in [2.05, 4.69) is 4.98 Å². The van der Waals surface area contributed by atoms with Crippen molar-refractivity contribution in [3.8, 4) is 11.5 Å². The number of methoxy groups -OCH3 is 2. The molecule has 3 rings (SSSR count). The number of anilines is 1. The maximum Gasteiger partial charge on any atom is 0.252 e. The Morgan fingerprint density at radius 3 is 2.57 bits per heavy atom. The molecule has 0 aliphatic heterocycles. The second-order valence-electron chi connectivity index (χ2n) is 6.85. The summed E-state index contributed by atoms with van der Waals surface area (Å²) in [6, 6.07) is 11.0. The zero-order valence-electron chi connectivity index (χ0n) is 17.4. The van der Waals surface area contributed by atoms with Crippen molar-refractivity contribution in [3.63, 3.8) is 0 Å². The smallest absolute Gasteiger partial charge is 0.252 e. The van der Waals surface area contributed by atoms with Gasteiger partial charge in [0.2, 0.25) is 0 Å². The van der Waals surface area contributed by atoms with E-state index in [-0.39, 0.29) is 5.91 Å². The third kappa shape index (κ3) is 5.30. The van der Waals surface area contributed by atoms with Crippen LogP contribution >= 0.6 is 22.9 Å². The number of halogens is 1. The molecule has 6 nitrogen and oxygen atoms in total. The van der Waals surface area contributed by atoms with Crippen LogP contribution in [0.3, 0.4) is 0 Å². The Kier molecular flexibility index (Phi) is 7.31. The number of amides is 1. The predicted octanol–water partition coefficient (Wildman–Crippen LogP) is 4.57. The fourth-order valence-electron chi connectivity index (χ4n) is 2.82. The number of rotatable bonds is 8. The molecule has 0 N–H and O–H groups in total. The van der Waals surface area contributed by atoms with Crippen LogP contribution in [-0.2, 0) is 4.79 Å².